The van der Waals surface area contributed by atoms with E-state index in [9.17, 15) is 14.7 Å². The normalized spacial score (nSPS) is 14.5. The molecule has 2 N–H and O–H groups in total. The summed E-state index contributed by atoms with van der Waals surface area (Å²) < 4.78 is 1.32. The summed E-state index contributed by atoms with van der Waals surface area (Å²) in [6, 6.07) is 4.37. The van der Waals surface area contributed by atoms with Gasteiger partial charge in [-0.25, -0.2) is 9.79 Å². The number of amides is 1. The fraction of sp³-hybridized carbons (Fsp3) is 0.200. The number of para-hydroxylation sites is 1. The summed E-state index contributed by atoms with van der Waals surface area (Å²) in [5.74, 6) is -1.90. The molecule has 2 aromatic rings. The first-order valence-electron chi connectivity index (χ1n) is 6.73. The van der Waals surface area contributed by atoms with Crippen LogP contribution >= 0.6 is 23.6 Å². The molecule has 1 amide bonds. The topological polar surface area (TPSA) is 91.9 Å². The van der Waals surface area contributed by atoms with Crippen LogP contribution in [0.3, 0.4) is 0 Å². The van der Waals surface area contributed by atoms with Crippen molar-refractivity contribution in [3.8, 4) is 5.88 Å². The summed E-state index contributed by atoms with van der Waals surface area (Å²) >= 11 is 6.16. The fourth-order valence-corrected chi connectivity index (χ4v) is 4.00. The minimum Gasteiger partial charge on any atom is -0.493 e. The van der Waals surface area contributed by atoms with Crippen molar-refractivity contribution in [1.82, 2.24) is 4.57 Å². The van der Waals surface area contributed by atoms with Gasteiger partial charge in [-0.1, -0.05) is 18.2 Å². The van der Waals surface area contributed by atoms with Gasteiger partial charge in [0.05, 0.1) is 10.9 Å². The first kappa shape index (κ1) is 15.6. The van der Waals surface area contributed by atoms with Gasteiger partial charge >= 0.3 is 5.97 Å². The molecule has 1 aliphatic rings. The third kappa shape index (κ3) is 2.30. The van der Waals surface area contributed by atoms with Crippen LogP contribution in [-0.2, 0) is 9.59 Å². The van der Waals surface area contributed by atoms with Crippen LogP contribution in [0.4, 0.5) is 0 Å². The Kier molecular flexibility index (Phi) is 3.65. The van der Waals surface area contributed by atoms with E-state index in [0.717, 1.165) is 21.5 Å². The highest BCUT2D eigenvalue weighted by Crippen LogP contribution is 2.34. The maximum absolute atomic E-state index is 12.3. The van der Waals surface area contributed by atoms with E-state index in [1.807, 2.05) is 13.0 Å². The maximum atomic E-state index is 12.3. The molecular weight excluding hydrogens is 336 g/mol. The lowest BCUT2D eigenvalue weighted by atomic mass is 10.1. The van der Waals surface area contributed by atoms with Crippen LogP contribution in [0.1, 0.15) is 23.4 Å². The van der Waals surface area contributed by atoms with E-state index in [2.05, 4.69) is 4.99 Å². The molecule has 1 unspecified atom stereocenters. The van der Waals surface area contributed by atoms with Crippen molar-refractivity contribution in [3.05, 3.63) is 43.2 Å². The molecule has 1 aromatic heterocycles. The van der Waals surface area contributed by atoms with Crippen LogP contribution in [0, 0.1) is 10.9 Å². The predicted octanol–water partition coefficient (Wildman–Crippen LogP) is 1.30. The Bertz CT molecular complexity index is 1030. The highest BCUT2D eigenvalue weighted by molar-refractivity contribution is 7.73. The van der Waals surface area contributed by atoms with E-state index in [1.54, 1.807) is 12.1 Å². The monoisotopic (exact) mass is 348 g/mol. The highest BCUT2D eigenvalue weighted by atomic mass is 32.1. The number of aryl methyl sites for hydroxylation is 1. The number of hydrogen-bond acceptors (Lipinski definition) is 5. The average molecular weight is 348 g/mol. The van der Waals surface area contributed by atoms with Gasteiger partial charge < -0.3 is 10.2 Å². The van der Waals surface area contributed by atoms with Crippen LogP contribution < -0.4 is 10.6 Å². The number of fused-ring (bicyclic) bond motifs is 1. The molecule has 0 radical (unpaired) electrons. The summed E-state index contributed by atoms with van der Waals surface area (Å²) in [5, 5.41) is 20.8. The minimum absolute atomic E-state index is 0.189. The molecule has 0 saturated carbocycles. The molecule has 3 rings (SSSR count). The maximum Gasteiger partial charge on any atom is 0.326 e. The largest absolute Gasteiger partial charge is 0.493 e. The van der Waals surface area contributed by atoms with Crippen LogP contribution in [0.2, 0.25) is 0 Å². The van der Waals surface area contributed by atoms with Crippen molar-refractivity contribution in [2.45, 2.75) is 19.9 Å². The number of aromatic nitrogens is 1. The first-order chi connectivity index (χ1) is 10.8. The Morgan fingerprint density at radius 3 is 2.78 bits per heavy atom. The van der Waals surface area contributed by atoms with E-state index in [1.165, 1.54) is 6.92 Å². The number of carboxylic acids is 1. The molecule has 1 aliphatic heterocycles. The zero-order valence-electron chi connectivity index (χ0n) is 12.2. The molecule has 2 heterocycles. The average Bonchev–Trinajstić information content (AvgIpc) is 2.96. The molecule has 0 spiro atoms. The summed E-state index contributed by atoms with van der Waals surface area (Å²) in [7, 11) is 0. The van der Waals surface area contributed by atoms with Crippen LogP contribution in [0.25, 0.3) is 5.57 Å². The lowest BCUT2D eigenvalue weighted by Gasteiger charge is -2.09. The molecule has 6 nitrogen and oxygen atoms in total. The van der Waals surface area contributed by atoms with Crippen molar-refractivity contribution in [3.63, 3.8) is 0 Å². The quantitative estimate of drug-likeness (QED) is 0.816. The number of aromatic hydroxyl groups is 1. The van der Waals surface area contributed by atoms with Crippen molar-refractivity contribution in [2.24, 2.45) is 4.99 Å². The molecule has 0 fully saturated rings. The third-order valence-electron chi connectivity index (χ3n) is 3.72. The minimum atomic E-state index is -1.12. The Morgan fingerprint density at radius 1 is 1.43 bits per heavy atom. The lowest BCUT2D eigenvalue weighted by molar-refractivity contribution is -0.140. The van der Waals surface area contributed by atoms with Gasteiger partial charge in [0.15, 0.2) is 3.95 Å². The predicted molar refractivity (Wildman–Crippen MR) is 86.6 cm³/mol. The Labute approximate surface area is 139 Å². The number of hydrogen-bond donors (Lipinski definition) is 2. The molecule has 0 aliphatic carbocycles. The number of thiazole rings is 1. The van der Waals surface area contributed by atoms with Gasteiger partial charge in [0.1, 0.15) is 10.9 Å². The van der Waals surface area contributed by atoms with Gasteiger partial charge in [0.2, 0.25) is 5.88 Å². The second-order valence-electron chi connectivity index (χ2n) is 5.17. The molecule has 0 saturated heterocycles. The molecule has 8 heteroatoms. The Morgan fingerprint density at radius 2 is 2.13 bits per heavy atom. The Hall–Kier alpha value is -2.32. The highest BCUT2D eigenvalue weighted by Gasteiger charge is 2.28. The Balaban J connectivity index is 2.34. The van der Waals surface area contributed by atoms with Crippen molar-refractivity contribution < 1.29 is 19.8 Å². The summed E-state index contributed by atoms with van der Waals surface area (Å²) in [5.41, 5.74) is 1.11. The SMILES string of the molecule is Cc1cccc2c1=NC(=O)C=2c1sc(=S)n(C(C)C(=O)O)c1O. The zero-order chi connectivity index (χ0) is 16.9. The summed E-state index contributed by atoms with van der Waals surface area (Å²) in [6.45, 7) is 3.26. The zero-order valence-corrected chi connectivity index (χ0v) is 13.9. The van der Waals surface area contributed by atoms with Gasteiger partial charge in [-0.15, -0.1) is 11.3 Å². The van der Waals surface area contributed by atoms with Crippen molar-refractivity contribution >= 4 is 41.0 Å². The molecular formula is C15H12N2O4S2. The summed E-state index contributed by atoms with van der Waals surface area (Å²) in [6.07, 6.45) is 0. The van der Waals surface area contributed by atoms with Gasteiger partial charge in [-0.3, -0.25) is 9.36 Å². The van der Waals surface area contributed by atoms with E-state index in [4.69, 9.17) is 17.3 Å². The van der Waals surface area contributed by atoms with E-state index in [0.29, 0.717) is 10.6 Å². The number of carboxylic acid groups (broad SMARTS) is 1. The standard InChI is InChI=1S/C15H12N2O4S2/c1-6-4-3-5-8-9(12(18)16-10(6)8)11-13(19)17(15(22)23-11)7(2)14(20)21/h3-5,7,19H,1-2H3,(H,20,21). The molecule has 0 bridgehead atoms. The number of nitrogens with zero attached hydrogens (tertiary/aromatic N) is 2. The number of carbonyl (C=O) groups excluding carboxylic acids is 1. The molecule has 23 heavy (non-hydrogen) atoms. The van der Waals surface area contributed by atoms with Gasteiger partial charge in [-0.05, 0) is 31.6 Å². The fourth-order valence-electron chi connectivity index (χ4n) is 2.49. The molecule has 118 valence electrons. The lowest BCUT2D eigenvalue weighted by Crippen LogP contribution is -2.25. The smallest absolute Gasteiger partial charge is 0.326 e. The van der Waals surface area contributed by atoms with E-state index >= 15 is 0 Å². The van der Waals surface area contributed by atoms with Gasteiger partial charge in [0.25, 0.3) is 5.91 Å². The van der Waals surface area contributed by atoms with Crippen molar-refractivity contribution in [1.29, 1.82) is 0 Å². The number of carbonyl (C=O) groups is 2. The van der Waals surface area contributed by atoms with Crippen molar-refractivity contribution in [2.75, 3.05) is 0 Å². The van der Waals surface area contributed by atoms with Gasteiger partial charge in [-0.2, -0.15) is 0 Å². The third-order valence-corrected chi connectivity index (χ3v) is 5.13. The van der Waals surface area contributed by atoms with E-state index < -0.39 is 17.9 Å². The second-order valence-corrected chi connectivity index (χ2v) is 6.81. The van der Waals surface area contributed by atoms with Crippen LogP contribution in [0.5, 0.6) is 5.88 Å². The summed E-state index contributed by atoms with van der Waals surface area (Å²) in [4.78, 5) is 27.7. The second kappa shape index (κ2) is 5.39. The molecule has 1 aromatic carbocycles. The number of benzene rings is 1. The van der Waals surface area contributed by atoms with E-state index in [-0.39, 0.29) is 20.3 Å². The van der Waals surface area contributed by atoms with Crippen LogP contribution in [-0.4, -0.2) is 26.7 Å². The first-order valence-corrected chi connectivity index (χ1v) is 7.96. The van der Waals surface area contributed by atoms with Gasteiger partial charge in [0, 0.05) is 5.22 Å². The van der Waals surface area contributed by atoms with Crippen LogP contribution in [0.15, 0.2) is 23.2 Å². The number of rotatable bonds is 3. The molecule has 1 atom stereocenters. The number of aliphatic carboxylic acids is 1.